The Morgan fingerprint density at radius 2 is 1.18 bits per heavy atom. The summed E-state index contributed by atoms with van der Waals surface area (Å²) in [4.78, 5) is 36.8. The second-order valence-corrected chi connectivity index (χ2v) is 7.97. The highest BCUT2D eigenvalue weighted by molar-refractivity contribution is 5.99. The molecule has 4 aromatic carbocycles. The molecule has 192 valence electrons. The monoisotopic (exact) mass is 512 g/mol. The maximum absolute atomic E-state index is 12.8. The standard InChI is InChI=1S/C30H24O8/c1-4-28(31)36-19(2)35-23-17-13-21(14-18-23)30(33)38-27-10-6-7-24-25(27)8-5-9-26(24)37-29(32)20-11-15-22(34-3)16-12-20/h4-19H,1H2,2-3H3. The van der Waals surface area contributed by atoms with Crippen molar-refractivity contribution in [1.29, 1.82) is 0 Å². The van der Waals surface area contributed by atoms with Gasteiger partial charge in [-0.3, -0.25) is 0 Å². The zero-order chi connectivity index (χ0) is 27.1. The summed E-state index contributed by atoms with van der Waals surface area (Å²) in [6.45, 7) is 4.90. The summed E-state index contributed by atoms with van der Waals surface area (Å²) in [6, 6.07) is 23.1. The molecule has 0 saturated carbocycles. The van der Waals surface area contributed by atoms with Gasteiger partial charge in [0.25, 0.3) is 0 Å². The lowest BCUT2D eigenvalue weighted by molar-refractivity contribution is -0.154. The lowest BCUT2D eigenvalue weighted by atomic mass is 10.1. The quantitative estimate of drug-likeness (QED) is 0.121. The first kappa shape index (κ1) is 26.0. The van der Waals surface area contributed by atoms with Gasteiger partial charge >= 0.3 is 17.9 Å². The summed E-state index contributed by atoms with van der Waals surface area (Å²) in [7, 11) is 1.55. The molecular formula is C30H24O8. The van der Waals surface area contributed by atoms with E-state index in [2.05, 4.69) is 6.58 Å². The van der Waals surface area contributed by atoms with Crippen molar-refractivity contribution >= 4 is 28.7 Å². The molecule has 0 aliphatic carbocycles. The number of benzene rings is 4. The molecule has 38 heavy (non-hydrogen) atoms. The fourth-order valence-corrected chi connectivity index (χ4v) is 3.57. The van der Waals surface area contributed by atoms with Crippen LogP contribution in [0, 0.1) is 0 Å². The fourth-order valence-electron chi connectivity index (χ4n) is 3.57. The van der Waals surface area contributed by atoms with Gasteiger partial charge in [0.2, 0.25) is 6.29 Å². The molecule has 8 heteroatoms. The van der Waals surface area contributed by atoms with E-state index >= 15 is 0 Å². The summed E-state index contributed by atoms with van der Waals surface area (Å²) in [5.74, 6) is -0.0573. The molecule has 0 aromatic heterocycles. The van der Waals surface area contributed by atoms with E-state index in [9.17, 15) is 14.4 Å². The van der Waals surface area contributed by atoms with E-state index in [0.717, 1.165) is 6.08 Å². The van der Waals surface area contributed by atoms with Crippen LogP contribution in [0.2, 0.25) is 0 Å². The van der Waals surface area contributed by atoms with Gasteiger partial charge in [0.05, 0.1) is 18.2 Å². The minimum absolute atomic E-state index is 0.284. The summed E-state index contributed by atoms with van der Waals surface area (Å²) >= 11 is 0. The van der Waals surface area contributed by atoms with Crippen LogP contribution in [-0.2, 0) is 9.53 Å². The Labute approximate surface area is 219 Å². The molecule has 0 spiro atoms. The van der Waals surface area contributed by atoms with E-state index < -0.39 is 24.2 Å². The first-order chi connectivity index (χ1) is 18.4. The number of rotatable bonds is 9. The van der Waals surface area contributed by atoms with Crippen LogP contribution in [0.1, 0.15) is 27.6 Å². The average molecular weight is 513 g/mol. The van der Waals surface area contributed by atoms with Crippen molar-refractivity contribution in [3.8, 4) is 23.0 Å². The number of carbonyl (C=O) groups is 3. The van der Waals surface area contributed by atoms with Crippen LogP contribution < -0.4 is 18.9 Å². The number of hydrogen-bond donors (Lipinski definition) is 0. The number of ether oxygens (including phenoxy) is 5. The van der Waals surface area contributed by atoms with Gasteiger partial charge in [0, 0.05) is 23.8 Å². The van der Waals surface area contributed by atoms with Crippen molar-refractivity contribution in [3.05, 3.63) is 109 Å². The van der Waals surface area contributed by atoms with Gasteiger partial charge in [0.15, 0.2) is 0 Å². The predicted molar refractivity (Wildman–Crippen MR) is 140 cm³/mol. The third-order valence-corrected chi connectivity index (χ3v) is 5.41. The summed E-state index contributed by atoms with van der Waals surface area (Å²) < 4.78 is 26.9. The highest BCUT2D eigenvalue weighted by Crippen LogP contribution is 2.33. The Morgan fingerprint density at radius 1 is 0.711 bits per heavy atom. The number of carbonyl (C=O) groups excluding carboxylic acids is 3. The molecule has 1 unspecified atom stereocenters. The lowest BCUT2D eigenvalue weighted by Crippen LogP contribution is -2.19. The molecule has 4 aromatic rings. The molecule has 0 heterocycles. The first-order valence-electron chi connectivity index (χ1n) is 11.6. The minimum Gasteiger partial charge on any atom is -0.497 e. The molecule has 0 amide bonds. The Kier molecular flexibility index (Phi) is 8.03. The maximum Gasteiger partial charge on any atom is 0.343 e. The molecule has 0 fully saturated rings. The van der Waals surface area contributed by atoms with Crippen LogP contribution in [0.25, 0.3) is 10.8 Å². The molecule has 1 atom stereocenters. The summed E-state index contributed by atoms with van der Waals surface area (Å²) in [5, 5.41) is 1.20. The zero-order valence-corrected chi connectivity index (χ0v) is 20.7. The fraction of sp³-hybridized carbons (Fsp3) is 0.100. The second kappa shape index (κ2) is 11.7. The van der Waals surface area contributed by atoms with Crippen LogP contribution >= 0.6 is 0 Å². The van der Waals surface area contributed by atoms with E-state index in [-0.39, 0.29) is 5.56 Å². The zero-order valence-electron chi connectivity index (χ0n) is 20.7. The third-order valence-electron chi connectivity index (χ3n) is 5.41. The van der Waals surface area contributed by atoms with Crippen LogP contribution in [0.4, 0.5) is 0 Å². The number of hydrogen-bond acceptors (Lipinski definition) is 8. The Bertz CT molecular complexity index is 1470. The summed E-state index contributed by atoms with van der Waals surface area (Å²) in [6.07, 6.45) is 0.210. The van der Waals surface area contributed by atoms with Crippen LogP contribution in [-0.4, -0.2) is 31.3 Å². The van der Waals surface area contributed by atoms with Crippen LogP contribution in [0.3, 0.4) is 0 Å². The number of methoxy groups -OCH3 is 1. The number of esters is 3. The normalized spacial score (nSPS) is 11.2. The van der Waals surface area contributed by atoms with E-state index in [1.165, 1.54) is 12.1 Å². The highest BCUT2D eigenvalue weighted by atomic mass is 16.7. The smallest absolute Gasteiger partial charge is 0.343 e. The lowest BCUT2D eigenvalue weighted by Gasteiger charge is -2.14. The maximum atomic E-state index is 12.8. The minimum atomic E-state index is -0.831. The van der Waals surface area contributed by atoms with Crippen molar-refractivity contribution in [2.75, 3.05) is 7.11 Å². The van der Waals surface area contributed by atoms with Gasteiger partial charge < -0.3 is 23.7 Å². The van der Waals surface area contributed by atoms with E-state index in [0.29, 0.717) is 39.3 Å². The van der Waals surface area contributed by atoms with Gasteiger partial charge in [-0.15, -0.1) is 0 Å². The topological polar surface area (TPSA) is 97.4 Å². The van der Waals surface area contributed by atoms with Gasteiger partial charge in [-0.1, -0.05) is 30.8 Å². The Hall–Kier alpha value is -5.11. The van der Waals surface area contributed by atoms with Crippen molar-refractivity contribution in [2.24, 2.45) is 0 Å². The van der Waals surface area contributed by atoms with Crippen molar-refractivity contribution in [3.63, 3.8) is 0 Å². The molecule has 0 aliphatic rings. The second-order valence-electron chi connectivity index (χ2n) is 7.97. The summed E-state index contributed by atoms with van der Waals surface area (Å²) in [5.41, 5.74) is 0.651. The van der Waals surface area contributed by atoms with E-state index in [1.54, 1.807) is 86.8 Å². The molecule has 0 bridgehead atoms. The van der Waals surface area contributed by atoms with Gasteiger partial charge in [-0.05, 0) is 60.7 Å². The molecule has 0 radical (unpaired) electrons. The first-order valence-corrected chi connectivity index (χ1v) is 11.6. The SMILES string of the molecule is C=CC(=O)OC(C)Oc1ccc(C(=O)Oc2cccc3c(OC(=O)c4ccc(OC)cc4)cccc23)cc1. The Balaban J connectivity index is 1.48. The van der Waals surface area contributed by atoms with E-state index in [1.807, 2.05) is 0 Å². The van der Waals surface area contributed by atoms with Crippen molar-refractivity contribution < 1.29 is 38.1 Å². The molecule has 4 rings (SSSR count). The van der Waals surface area contributed by atoms with Crippen molar-refractivity contribution in [1.82, 2.24) is 0 Å². The molecule has 0 saturated heterocycles. The van der Waals surface area contributed by atoms with Gasteiger partial charge in [-0.2, -0.15) is 0 Å². The molecule has 0 aliphatic heterocycles. The van der Waals surface area contributed by atoms with E-state index in [4.69, 9.17) is 23.7 Å². The molecule has 8 nitrogen and oxygen atoms in total. The number of fused-ring (bicyclic) bond motifs is 1. The van der Waals surface area contributed by atoms with Crippen molar-refractivity contribution in [2.45, 2.75) is 13.2 Å². The van der Waals surface area contributed by atoms with Crippen LogP contribution in [0.15, 0.2) is 97.6 Å². The van der Waals surface area contributed by atoms with Gasteiger partial charge in [-0.25, -0.2) is 14.4 Å². The third kappa shape index (κ3) is 6.17. The average Bonchev–Trinajstić information content (AvgIpc) is 2.93. The molecular weight excluding hydrogens is 488 g/mol. The van der Waals surface area contributed by atoms with Crippen LogP contribution in [0.5, 0.6) is 23.0 Å². The predicted octanol–water partition coefficient (Wildman–Crippen LogP) is 5.74. The molecule has 0 N–H and O–H groups in total. The largest absolute Gasteiger partial charge is 0.497 e. The highest BCUT2D eigenvalue weighted by Gasteiger charge is 2.16. The van der Waals surface area contributed by atoms with Gasteiger partial charge in [0.1, 0.15) is 23.0 Å². The Morgan fingerprint density at radius 3 is 1.63 bits per heavy atom.